The molecule has 0 spiro atoms. The molecule has 0 saturated carbocycles. The van der Waals surface area contributed by atoms with Gasteiger partial charge < -0.3 is 15.5 Å². The maximum atomic E-state index is 12.1. The topological polar surface area (TPSA) is 47.6 Å². The Morgan fingerprint density at radius 3 is 2.32 bits per heavy atom. The highest BCUT2D eigenvalue weighted by Crippen LogP contribution is 2.21. The van der Waals surface area contributed by atoms with E-state index in [1.165, 1.54) is 38.8 Å². The normalized spacial score (nSPS) is 26.4. The minimum absolute atomic E-state index is 0.0227. The van der Waals surface area contributed by atoms with E-state index >= 15 is 0 Å². The van der Waals surface area contributed by atoms with Gasteiger partial charge in [0.1, 0.15) is 0 Å². The number of urea groups is 1. The molecule has 2 rings (SSSR count). The Morgan fingerprint density at radius 1 is 1.04 bits per heavy atom. The number of hydrogen-bond donors (Lipinski definition) is 2. The third-order valence-corrected chi connectivity index (χ3v) is 5.77. The van der Waals surface area contributed by atoms with E-state index in [4.69, 9.17) is 0 Å². The molecule has 2 heterocycles. The summed E-state index contributed by atoms with van der Waals surface area (Å²) in [6.07, 6.45) is 6.29. The first-order chi connectivity index (χ1) is 11.9. The lowest BCUT2D eigenvalue weighted by atomic mass is 9.92. The fourth-order valence-electron chi connectivity index (χ4n) is 4.45. The van der Waals surface area contributed by atoms with Crippen LogP contribution in [0.15, 0.2) is 0 Å². The Balaban J connectivity index is 1.57. The number of nitrogens with zero attached hydrogens (tertiary/aromatic N) is 2. The average molecular weight is 353 g/mol. The summed E-state index contributed by atoms with van der Waals surface area (Å²) >= 11 is 0. The van der Waals surface area contributed by atoms with Gasteiger partial charge in [-0.25, -0.2) is 4.79 Å². The molecule has 2 unspecified atom stereocenters. The number of piperidine rings is 2. The second kappa shape index (κ2) is 9.77. The minimum Gasteiger partial charge on any atom is -0.338 e. The van der Waals surface area contributed by atoms with E-state index in [1.807, 2.05) is 0 Å². The van der Waals surface area contributed by atoms with E-state index in [0.29, 0.717) is 6.54 Å². The first kappa shape index (κ1) is 20.5. The first-order valence-corrected chi connectivity index (χ1v) is 10.4. The molecule has 0 aromatic carbocycles. The molecule has 25 heavy (non-hydrogen) atoms. The Bertz CT molecular complexity index is 397. The molecule has 2 aliphatic rings. The summed E-state index contributed by atoms with van der Waals surface area (Å²) in [5.41, 5.74) is 0.0395. The molecule has 0 aromatic rings. The Morgan fingerprint density at radius 2 is 1.68 bits per heavy atom. The molecule has 5 nitrogen and oxygen atoms in total. The second-order valence-corrected chi connectivity index (χ2v) is 9.03. The Hall–Kier alpha value is -0.810. The van der Waals surface area contributed by atoms with Gasteiger partial charge >= 0.3 is 6.03 Å². The first-order valence-electron chi connectivity index (χ1n) is 10.4. The van der Waals surface area contributed by atoms with Crippen LogP contribution in [0.4, 0.5) is 4.79 Å². The van der Waals surface area contributed by atoms with Crippen LogP contribution in [0.25, 0.3) is 0 Å². The van der Waals surface area contributed by atoms with Crippen molar-refractivity contribution in [3.63, 3.8) is 0 Å². The second-order valence-electron chi connectivity index (χ2n) is 9.03. The van der Waals surface area contributed by atoms with Crippen LogP contribution in [0.3, 0.4) is 0 Å². The molecule has 0 radical (unpaired) electrons. The van der Waals surface area contributed by atoms with Crippen LogP contribution in [-0.4, -0.2) is 67.2 Å². The van der Waals surface area contributed by atoms with Crippen LogP contribution in [0.1, 0.15) is 59.8 Å². The van der Waals surface area contributed by atoms with Crippen LogP contribution < -0.4 is 10.6 Å². The molecule has 2 aliphatic heterocycles. The SMILES string of the molecule is CC1CC(C)CN(CCCNC(=O)NCC(C)(C)N2CCCCC2)C1. The van der Waals surface area contributed by atoms with Crippen molar-refractivity contribution in [2.24, 2.45) is 11.8 Å². The molecule has 2 fully saturated rings. The number of amides is 2. The van der Waals surface area contributed by atoms with Crippen molar-refractivity contribution in [2.75, 3.05) is 45.8 Å². The zero-order chi connectivity index (χ0) is 18.3. The van der Waals surface area contributed by atoms with Gasteiger partial charge in [0.2, 0.25) is 0 Å². The van der Waals surface area contributed by atoms with Crippen LogP contribution in [-0.2, 0) is 0 Å². The molecule has 5 heteroatoms. The van der Waals surface area contributed by atoms with Gasteiger partial charge in [-0.3, -0.25) is 4.90 Å². The van der Waals surface area contributed by atoms with E-state index in [0.717, 1.165) is 44.4 Å². The van der Waals surface area contributed by atoms with Crippen molar-refractivity contribution in [1.82, 2.24) is 20.4 Å². The average Bonchev–Trinajstić information content (AvgIpc) is 2.57. The number of nitrogens with one attached hydrogen (secondary N) is 2. The van der Waals surface area contributed by atoms with Gasteiger partial charge in [-0.15, -0.1) is 0 Å². The number of carbonyl (C=O) groups is 1. The fraction of sp³-hybridized carbons (Fsp3) is 0.950. The highest BCUT2D eigenvalue weighted by molar-refractivity contribution is 5.73. The molecular weight excluding hydrogens is 312 g/mol. The number of likely N-dealkylation sites (tertiary alicyclic amines) is 2. The molecule has 2 N–H and O–H groups in total. The predicted molar refractivity (Wildman–Crippen MR) is 105 cm³/mol. The number of hydrogen-bond acceptors (Lipinski definition) is 3. The van der Waals surface area contributed by atoms with Crippen molar-refractivity contribution in [2.45, 2.75) is 65.3 Å². The summed E-state index contributed by atoms with van der Waals surface area (Å²) in [6, 6.07) is -0.0227. The standard InChI is InChI=1S/C20H40N4O/c1-17-13-18(2)15-23(14-17)10-8-9-21-19(25)22-16-20(3,4)24-11-6-5-7-12-24/h17-18H,5-16H2,1-4H3,(H2,21,22,25). The van der Waals surface area contributed by atoms with Crippen molar-refractivity contribution in [1.29, 1.82) is 0 Å². The van der Waals surface area contributed by atoms with Gasteiger partial charge in [-0.2, -0.15) is 0 Å². The summed E-state index contributed by atoms with van der Waals surface area (Å²) < 4.78 is 0. The maximum absolute atomic E-state index is 12.1. The van der Waals surface area contributed by atoms with Crippen molar-refractivity contribution >= 4 is 6.03 Å². The van der Waals surface area contributed by atoms with Gasteiger partial charge in [-0.1, -0.05) is 20.3 Å². The quantitative estimate of drug-likeness (QED) is 0.693. The van der Waals surface area contributed by atoms with Gasteiger partial charge in [-0.05, 0) is 71.0 Å². The van der Waals surface area contributed by atoms with E-state index in [2.05, 4.69) is 48.1 Å². The zero-order valence-electron chi connectivity index (χ0n) is 16.9. The van der Waals surface area contributed by atoms with E-state index < -0.39 is 0 Å². The lowest BCUT2D eigenvalue weighted by Gasteiger charge is -2.41. The summed E-state index contributed by atoms with van der Waals surface area (Å²) in [4.78, 5) is 17.1. The lowest BCUT2D eigenvalue weighted by molar-refractivity contribution is 0.0959. The summed E-state index contributed by atoms with van der Waals surface area (Å²) in [5, 5.41) is 6.09. The molecule has 2 atom stereocenters. The molecular formula is C20H40N4O. The summed E-state index contributed by atoms with van der Waals surface area (Å²) in [7, 11) is 0. The largest absolute Gasteiger partial charge is 0.338 e. The van der Waals surface area contributed by atoms with Crippen molar-refractivity contribution in [3.05, 3.63) is 0 Å². The number of rotatable bonds is 7. The summed E-state index contributed by atoms with van der Waals surface area (Å²) in [6.45, 7) is 16.4. The van der Waals surface area contributed by atoms with Crippen LogP contribution >= 0.6 is 0 Å². The molecule has 0 aromatic heterocycles. The Labute approximate surface area is 154 Å². The monoisotopic (exact) mass is 352 g/mol. The third kappa shape index (κ3) is 7.14. The van der Waals surface area contributed by atoms with E-state index in [9.17, 15) is 4.79 Å². The van der Waals surface area contributed by atoms with Gasteiger partial charge in [0.25, 0.3) is 0 Å². The summed E-state index contributed by atoms with van der Waals surface area (Å²) in [5.74, 6) is 1.61. The van der Waals surface area contributed by atoms with Crippen molar-refractivity contribution in [3.8, 4) is 0 Å². The molecule has 2 amide bonds. The van der Waals surface area contributed by atoms with Crippen molar-refractivity contribution < 1.29 is 4.79 Å². The molecule has 0 aliphatic carbocycles. The molecule has 2 saturated heterocycles. The fourth-order valence-corrected chi connectivity index (χ4v) is 4.45. The highest BCUT2D eigenvalue weighted by atomic mass is 16.2. The van der Waals surface area contributed by atoms with E-state index in [1.54, 1.807) is 0 Å². The lowest BCUT2D eigenvalue weighted by Crippen LogP contribution is -2.54. The molecule has 146 valence electrons. The van der Waals surface area contributed by atoms with E-state index in [-0.39, 0.29) is 11.6 Å². The minimum atomic E-state index is -0.0227. The van der Waals surface area contributed by atoms with Gasteiger partial charge in [0.05, 0.1) is 0 Å². The van der Waals surface area contributed by atoms with Crippen LogP contribution in [0, 0.1) is 11.8 Å². The molecule has 0 bridgehead atoms. The van der Waals surface area contributed by atoms with Gasteiger partial charge in [0.15, 0.2) is 0 Å². The Kier molecular flexibility index (Phi) is 8.01. The smallest absolute Gasteiger partial charge is 0.314 e. The van der Waals surface area contributed by atoms with Gasteiger partial charge in [0, 0.05) is 31.7 Å². The number of carbonyl (C=O) groups excluding carboxylic acids is 1. The zero-order valence-corrected chi connectivity index (χ0v) is 16.9. The maximum Gasteiger partial charge on any atom is 0.314 e. The highest BCUT2D eigenvalue weighted by Gasteiger charge is 2.28. The predicted octanol–water partition coefficient (Wildman–Crippen LogP) is 2.92. The third-order valence-electron chi connectivity index (χ3n) is 5.77. The van der Waals surface area contributed by atoms with Crippen LogP contribution in [0.2, 0.25) is 0 Å². The van der Waals surface area contributed by atoms with Crippen LogP contribution in [0.5, 0.6) is 0 Å².